The number of nitrogens with one attached hydrogen (secondary N) is 1. The summed E-state index contributed by atoms with van der Waals surface area (Å²) in [4.78, 5) is 8.96. The van der Waals surface area contributed by atoms with Gasteiger partial charge in [-0.1, -0.05) is 59.3 Å². The molecule has 33 heavy (non-hydrogen) atoms. The van der Waals surface area contributed by atoms with Crippen molar-refractivity contribution in [3.8, 4) is 23.3 Å². The van der Waals surface area contributed by atoms with Crippen molar-refractivity contribution in [2.75, 3.05) is 11.1 Å². The van der Waals surface area contributed by atoms with Crippen molar-refractivity contribution in [1.29, 1.82) is 10.5 Å². The predicted molar refractivity (Wildman–Crippen MR) is 135 cm³/mol. The minimum absolute atomic E-state index is 0.108. The highest BCUT2D eigenvalue weighted by atomic mass is 35.5. The second-order valence-electron chi connectivity index (χ2n) is 7.08. The molecule has 3 N–H and O–H groups in total. The van der Waals surface area contributed by atoms with Gasteiger partial charge in [-0.15, -0.1) is 11.3 Å². The monoisotopic (exact) mass is 488 g/mol. The van der Waals surface area contributed by atoms with Crippen LogP contribution in [0.3, 0.4) is 0 Å². The van der Waals surface area contributed by atoms with Crippen molar-refractivity contribution in [2.24, 2.45) is 0 Å². The lowest BCUT2D eigenvalue weighted by atomic mass is 9.96. The molecule has 0 bridgehead atoms. The largest absolute Gasteiger partial charge is 0.383 e. The second-order valence-corrected chi connectivity index (χ2v) is 9.34. The molecule has 0 atom stereocenters. The fourth-order valence-corrected chi connectivity index (χ4v) is 5.09. The second kappa shape index (κ2) is 9.93. The molecule has 0 spiro atoms. The molecule has 0 fully saturated rings. The summed E-state index contributed by atoms with van der Waals surface area (Å²) in [7, 11) is 0. The molecule has 0 radical (unpaired) electrons. The maximum atomic E-state index is 9.93. The molecule has 9 heteroatoms. The molecule has 4 rings (SSSR count). The number of rotatable bonds is 6. The van der Waals surface area contributed by atoms with E-state index in [4.69, 9.17) is 17.3 Å². The zero-order valence-corrected chi connectivity index (χ0v) is 19.9. The van der Waals surface area contributed by atoms with Gasteiger partial charge in [0.05, 0.1) is 11.3 Å². The first-order chi connectivity index (χ1) is 16.0. The average molecular weight is 489 g/mol. The highest BCUT2D eigenvalue weighted by molar-refractivity contribution is 7.98. The van der Waals surface area contributed by atoms with E-state index < -0.39 is 0 Å². The van der Waals surface area contributed by atoms with Crippen molar-refractivity contribution >= 4 is 51.3 Å². The molecule has 0 saturated carbocycles. The fourth-order valence-electron chi connectivity index (χ4n) is 3.17. The number of nitrogens with two attached hydrogens (primary N) is 1. The lowest BCUT2D eigenvalue weighted by Gasteiger charge is -2.13. The number of aromatic nitrogens is 2. The average Bonchev–Trinajstić information content (AvgIpc) is 3.25. The van der Waals surface area contributed by atoms with Gasteiger partial charge < -0.3 is 11.1 Å². The van der Waals surface area contributed by atoms with Crippen LogP contribution in [-0.4, -0.2) is 9.97 Å². The van der Waals surface area contributed by atoms with Crippen LogP contribution in [-0.2, 0) is 5.75 Å². The number of nitriles is 2. The van der Waals surface area contributed by atoms with Crippen LogP contribution < -0.4 is 11.1 Å². The summed E-state index contributed by atoms with van der Waals surface area (Å²) in [5.41, 5.74) is 10.7. The van der Waals surface area contributed by atoms with Crippen molar-refractivity contribution in [3.05, 3.63) is 81.3 Å². The Kier molecular flexibility index (Phi) is 6.81. The first-order valence-electron chi connectivity index (χ1n) is 9.79. The van der Waals surface area contributed by atoms with E-state index in [1.165, 1.54) is 23.1 Å². The quantitative estimate of drug-likeness (QED) is 0.297. The number of benzene rings is 2. The predicted octanol–water partition coefficient (Wildman–Crippen LogP) is 6.53. The van der Waals surface area contributed by atoms with E-state index in [1.807, 2.05) is 60.8 Å². The molecule has 0 aliphatic rings. The summed E-state index contributed by atoms with van der Waals surface area (Å²) >= 11 is 8.88. The van der Waals surface area contributed by atoms with Crippen LogP contribution in [0.5, 0.6) is 0 Å². The number of hydrogen-bond donors (Lipinski definition) is 2. The van der Waals surface area contributed by atoms with Crippen molar-refractivity contribution in [1.82, 2.24) is 9.97 Å². The number of thioether (sulfide) groups is 1. The van der Waals surface area contributed by atoms with E-state index in [2.05, 4.69) is 27.4 Å². The standard InChI is InChI=1S/C24H17ClN6S2/c1-14-5-7-15(8-6-14)21-19(10-26)22(28)31-23(20(21)11-27)32-12-18-13-33-24(30-18)29-17-4-2-3-16(25)9-17/h2-9,13H,12H2,1H3,(H2,28,31)(H,29,30). The van der Waals surface area contributed by atoms with Crippen molar-refractivity contribution in [2.45, 2.75) is 17.7 Å². The number of nitrogen functional groups attached to an aromatic ring is 1. The van der Waals surface area contributed by atoms with Gasteiger partial charge >= 0.3 is 0 Å². The summed E-state index contributed by atoms with van der Waals surface area (Å²) in [5, 5.41) is 26.6. The van der Waals surface area contributed by atoms with Crippen LogP contribution in [0.2, 0.25) is 5.02 Å². The van der Waals surface area contributed by atoms with Crippen LogP contribution in [0.1, 0.15) is 22.4 Å². The first kappa shape index (κ1) is 22.6. The number of pyridine rings is 1. The molecule has 0 aliphatic carbocycles. The van der Waals surface area contributed by atoms with Gasteiger partial charge in [0, 0.05) is 27.4 Å². The summed E-state index contributed by atoms with van der Waals surface area (Å²) in [6.45, 7) is 1.98. The number of thiazole rings is 1. The topological polar surface area (TPSA) is 111 Å². The Morgan fingerprint density at radius 3 is 2.55 bits per heavy atom. The van der Waals surface area contributed by atoms with E-state index in [0.717, 1.165) is 27.6 Å². The number of hydrogen-bond acceptors (Lipinski definition) is 8. The van der Waals surface area contributed by atoms with Gasteiger partial charge in [-0.25, -0.2) is 9.97 Å². The maximum Gasteiger partial charge on any atom is 0.187 e. The van der Waals surface area contributed by atoms with Gasteiger partial charge in [-0.2, -0.15) is 10.5 Å². The molecule has 0 saturated heterocycles. The first-order valence-corrected chi connectivity index (χ1v) is 12.0. The fraction of sp³-hybridized carbons (Fsp3) is 0.0833. The van der Waals surface area contributed by atoms with Gasteiger partial charge in [0.1, 0.15) is 28.5 Å². The van der Waals surface area contributed by atoms with Crippen LogP contribution in [0.15, 0.2) is 58.9 Å². The Morgan fingerprint density at radius 1 is 1.09 bits per heavy atom. The number of nitrogens with zero attached hydrogens (tertiary/aromatic N) is 4. The van der Waals surface area contributed by atoms with E-state index in [0.29, 0.717) is 26.9 Å². The number of aryl methyl sites for hydroxylation is 1. The highest BCUT2D eigenvalue weighted by Gasteiger charge is 2.20. The molecular formula is C24H17ClN6S2. The van der Waals surface area contributed by atoms with Crippen molar-refractivity contribution in [3.63, 3.8) is 0 Å². The lowest BCUT2D eigenvalue weighted by molar-refractivity contribution is 1.11. The smallest absolute Gasteiger partial charge is 0.187 e. The van der Waals surface area contributed by atoms with Crippen LogP contribution in [0.25, 0.3) is 11.1 Å². The van der Waals surface area contributed by atoms with Gasteiger partial charge in [0.25, 0.3) is 0 Å². The Morgan fingerprint density at radius 2 is 1.85 bits per heavy atom. The molecule has 6 nitrogen and oxygen atoms in total. The summed E-state index contributed by atoms with van der Waals surface area (Å²) in [5.74, 6) is 0.602. The van der Waals surface area contributed by atoms with Crippen molar-refractivity contribution < 1.29 is 0 Å². The molecule has 0 amide bonds. The van der Waals surface area contributed by atoms with Gasteiger partial charge in [0.2, 0.25) is 0 Å². The minimum atomic E-state index is 0.108. The molecule has 2 heterocycles. The van der Waals surface area contributed by atoms with Crippen LogP contribution >= 0.6 is 34.7 Å². The molecule has 2 aromatic carbocycles. The maximum absolute atomic E-state index is 9.93. The Bertz CT molecular complexity index is 1400. The van der Waals surface area contributed by atoms with E-state index in [-0.39, 0.29) is 11.4 Å². The van der Waals surface area contributed by atoms with Gasteiger partial charge in [-0.3, -0.25) is 0 Å². The van der Waals surface area contributed by atoms with Gasteiger partial charge in [0.15, 0.2) is 5.13 Å². The summed E-state index contributed by atoms with van der Waals surface area (Å²) in [6, 6.07) is 19.4. The Hall–Kier alpha value is -3.56. The minimum Gasteiger partial charge on any atom is -0.383 e. The Labute approximate surface area is 204 Å². The normalized spacial score (nSPS) is 10.4. The third-order valence-electron chi connectivity index (χ3n) is 4.74. The van der Waals surface area contributed by atoms with E-state index >= 15 is 0 Å². The van der Waals surface area contributed by atoms with Gasteiger partial charge in [-0.05, 0) is 30.7 Å². The molecule has 2 aromatic heterocycles. The summed E-state index contributed by atoms with van der Waals surface area (Å²) in [6.07, 6.45) is 0. The summed E-state index contributed by atoms with van der Waals surface area (Å²) < 4.78 is 0. The zero-order valence-electron chi connectivity index (χ0n) is 17.5. The Balaban J connectivity index is 1.60. The molecule has 0 unspecified atom stereocenters. The SMILES string of the molecule is Cc1ccc(-c2c(C#N)c(N)nc(SCc3csc(Nc4cccc(Cl)c4)n3)c2C#N)cc1. The number of anilines is 3. The third-order valence-corrected chi connectivity index (χ3v) is 6.79. The van der Waals surface area contributed by atoms with Crippen LogP contribution in [0.4, 0.5) is 16.6 Å². The van der Waals surface area contributed by atoms with E-state index in [1.54, 1.807) is 0 Å². The lowest BCUT2D eigenvalue weighted by Crippen LogP contribution is -2.03. The molecule has 0 aliphatic heterocycles. The van der Waals surface area contributed by atoms with E-state index in [9.17, 15) is 10.5 Å². The van der Waals surface area contributed by atoms with Crippen LogP contribution in [0, 0.1) is 29.6 Å². The highest BCUT2D eigenvalue weighted by Crippen LogP contribution is 2.37. The molecule has 4 aromatic rings. The molecule has 162 valence electrons. The zero-order chi connectivity index (χ0) is 23.4. The number of halogens is 1. The molecular weight excluding hydrogens is 472 g/mol. The third kappa shape index (κ3) is 5.10.